The third kappa shape index (κ3) is 3.97. The number of hydrogen-bond acceptors (Lipinski definition) is 7. The van der Waals surface area contributed by atoms with E-state index in [-0.39, 0.29) is 11.8 Å². The van der Waals surface area contributed by atoms with Gasteiger partial charge in [0.1, 0.15) is 17.2 Å². The molecular weight excluding hydrogens is 404 g/mol. The standard InChI is InChI=1S/C24H28N6O2/c1-3-21-27-23(32-28-21)20-13-25-16(2)26-22(20)29-11-6-9-19(15-29)24(31)30-12-10-17-7-4-5-8-18(17)14-30/h4-5,7-8,13,19H,3,6,9-12,14-15H2,1-2H3. The minimum absolute atomic E-state index is 0.0500. The van der Waals surface area contributed by atoms with Gasteiger partial charge >= 0.3 is 0 Å². The van der Waals surface area contributed by atoms with Gasteiger partial charge in [-0.1, -0.05) is 36.3 Å². The fourth-order valence-corrected chi connectivity index (χ4v) is 4.67. The van der Waals surface area contributed by atoms with Crippen molar-refractivity contribution in [3.05, 3.63) is 53.2 Å². The summed E-state index contributed by atoms with van der Waals surface area (Å²) in [5, 5.41) is 4.02. The van der Waals surface area contributed by atoms with Gasteiger partial charge in [-0.2, -0.15) is 4.98 Å². The SMILES string of the molecule is CCc1noc(-c2cnc(C)nc2N2CCCC(C(=O)N3CCc4ccccc4C3)C2)n1. The molecule has 5 rings (SSSR count). The molecule has 1 amide bonds. The minimum Gasteiger partial charge on any atom is -0.355 e. The van der Waals surface area contributed by atoms with Gasteiger partial charge in [-0.25, -0.2) is 9.97 Å². The lowest BCUT2D eigenvalue weighted by atomic mass is 9.93. The molecule has 0 bridgehead atoms. The van der Waals surface area contributed by atoms with Crippen LogP contribution in [0, 0.1) is 12.8 Å². The Morgan fingerprint density at radius 2 is 2.03 bits per heavy atom. The molecule has 0 N–H and O–H groups in total. The van der Waals surface area contributed by atoms with E-state index >= 15 is 0 Å². The van der Waals surface area contributed by atoms with Crippen LogP contribution in [0.4, 0.5) is 5.82 Å². The third-order valence-corrected chi connectivity index (χ3v) is 6.42. The van der Waals surface area contributed by atoms with Crippen molar-refractivity contribution in [3.63, 3.8) is 0 Å². The number of fused-ring (bicyclic) bond motifs is 1. The zero-order chi connectivity index (χ0) is 22.1. The molecule has 1 saturated heterocycles. The number of amides is 1. The first-order valence-corrected chi connectivity index (χ1v) is 11.4. The maximum absolute atomic E-state index is 13.4. The van der Waals surface area contributed by atoms with E-state index < -0.39 is 0 Å². The molecule has 0 saturated carbocycles. The Morgan fingerprint density at radius 3 is 2.84 bits per heavy atom. The van der Waals surface area contributed by atoms with Gasteiger partial charge in [0.25, 0.3) is 5.89 Å². The van der Waals surface area contributed by atoms with Crippen molar-refractivity contribution in [2.45, 2.75) is 46.1 Å². The average molecular weight is 433 g/mol. The van der Waals surface area contributed by atoms with Crippen molar-refractivity contribution in [2.24, 2.45) is 5.92 Å². The van der Waals surface area contributed by atoms with Crippen molar-refractivity contribution in [3.8, 4) is 11.5 Å². The molecule has 0 spiro atoms. The Morgan fingerprint density at radius 1 is 1.19 bits per heavy atom. The highest BCUT2D eigenvalue weighted by atomic mass is 16.5. The number of rotatable bonds is 4. The van der Waals surface area contributed by atoms with Crippen LogP contribution in [0.1, 0.15) is 42.5 Å². The second-order valence-corrected chi connectivity index (χ2v) is 8.59. The molecule has 166 valence electrons. The first-order chi connectivity index (χ1) is 15.6. The number of benzene rings is 1. The van der Waals surface area contributed by atoms with Gasteiger partial charge in [0, 0.05) is 38.8 Å². The highest BCUT2D eigenvalue weighted by Gasteiger charge is 2.32. The smallest absolute Gasteiger partial charge is 0.263 e. The maximum atomic E-state index is 13.4. The van der Waals surface area contributed by atoms with E-state index in [2.05, 4.69) is 44.3 Å². The second kappa shape index (κ2) is 8.68. The third-order valence-electron chi connectivity index (χ3n) is 6.42. The molecule has 1 atom stereocenters. The summed E-state index contributed by atoms with van der Waals surface area (Å²) >= 11 is 0. The van der Waals surface area contributed by atoms with Crippen LogP contribution >= 0.6 is 0 Å². The van der Waals surface area contributed by atoms with Gasteiger partial charge < -0.3 is 14.3 Å². The predicted octanol–water partition coefficient (Wildman–Crippen LogP) is 3.20. The van der Waals surface area contributed by atoms with Crippen molar-refractivity contribution in [2.75, 3.05) is 24.5 Å². The van der Waals surface area contributed by atoms with E-state index in [1.807, 2.05) is 18.7 Å². The summed E-state index contributed by atoms with van der Waals surface area (Å²) in [5.74, 6) is 2.72. The van der Waals surface area contributed by atoms with Gasteiger partial charge in [-0.3, -0.25) is 4.79 Å². The van der Waals surface area contributed by atoms with Crippen LogP contribution in [-0.4, -0.2) is 50.5 Å². The first kappa shape index (κ1) is 20.6. The minimum atomic E-state index is -0.0500. The Balaban J connectivity index is 1.36. The number of anilines is 1. The summed E-state index contributed by atoms with van der Waals surface area (Å²) in [4.78, 5) is 31.2. The van der Waals surface area contributed by atoms with Crippen LogP contribution < -0.4 is 4.90 Å². The molecule has 1 aromatic carbocycles. The molecule has 0 radical (unpaired) electrons. The Bertz CT molecular complexity index is 1130. The van der Waals surface area contributed by atoms with Crippen LogP contribution in [0.2, 0.25) is 0 Å². The Hall–Kier alpha value is -3.29. The first-order valence-electron chi connectivity index (χ1n) is 11.4. The average Bonchev–Trinajstić information content (AvgIpc) is 3.32. The normalized spacial score (nSPS) is 18.5. The number of hydrogen-bond donors (Lipinski definition) is 0. The number of piperidine rings is 1. The summed E-state index contributed by atoms with van der Waals surface area (Å²) in [5.41, 5.74) is 3.34. The largest absolute Gasteiger partial charge is 0.355 e. The van der Waals surface area contributed by atoms with Gasteiger partial charge in [0.15, 0.2) is 5.82 Å². The maximum Gasteiger partial charge on any atom is 0.263 e. The highest BCUT2D eigenvalue weighted by Crippen LogP contribution is 2.32. The fraction of sp³-hybridized carbons (Fsp3) is 0.458. The molecule has 1 fully saturated rings. The summed E-state index contributed by atoms with van der Waals surface area (Å²) in [6.45, 7) is 6.81. The fourth-order valence-electron chi connectivity index (χ4n) is 4.67. The van der Waals surface area contributed by atoms with Crippen LogP contribution in [0.25, 0.3) is 11.5 Å². The summed E-state index contributed by atoms with van der Waals surface area (Å²) in [6, 6.07) is 8.42. The summed E-state index contributed by atoms with van der Waals surface area (Å²) in [7, 11) is 0. The molecule has 32 heavy (non-hydrogen) atoms. The zero-order valence-corrected chi connectivity index (χ0v) is 18.6. The van der Waals surface area contributed by atoms with Crippen LogP contribution in [0.3, 0.4) is 0 Å². The van der Waals surface area contributed by atoms with Gasteiger partial charge in [-0.15, -0.1) is 0 Å². The van der Waals surface area contributed by atoms with Crippen LogP contribution in [0.15, 0.2) is 35.0 Å². The summed E-state index contributed by atoms with van der Waals surface area (Å²) < 4.78 is 5.47. The number of aromatic nitrogens is 4. The number of carbonyl (C=O) groups is 1. The Labute approximate surface area is 187 Å². The lowest BCUT2D eigenvalue weighted by Crippen LogP contribution is -2.46. The zero-order valence-electron chi connectivity index (χ0n) is 18.6. The topological polar surface area (TPSA) is 88.2 Å². The second-order valence-electron chi connectivity index (χ2n) is 8.59. The van der Waals surface area contributed by atoms with E-state index in [0.717, 1.165) is 43.7 Å². The van der Waals surface area contributed by atoms with E-state index in [9.17, 15) is 4.79 Å². The highest BCUT2D eigenvalue weighted by molar-refractivity contribution is 5.80. The number of carbonyl (C=O) groups excluding carboxylic acids is 1. The van der Waals surface area contributed by atoms with E-state index in [0.29, 0.717) is 37.0 Å². The quantitative estimate of drug-likeness (QED) is 0.625. The number of nitrogens with zero attached hydrogens (tertiary/aromatic N) is 6. The lowest BCUT2D eigenvalue weighted by Gasteiger charge is -2.37. The van der Waals surface area contributed by atoms with Crippen LogP contribution in [-0.2, 0) is 24.2 Å². The molecule has 0 aliphatic carbocycles. The van der Waals surface area contributed by atoms with E-state index in [1.165, 1.54) is 11.1 Å². The predicted molar refractivity (Wildman–Crippen MR) is 120 cm³/mol. The monoisotopic (exact) mass is 432 g/mol. The van der Waals surface area contributed by atoms with E-state index in [1.54, 1.807) is 6.20 Å². The van der Waals surface area contributed by atoms with Crippen LogP contribution in [0.5, 0.6) is 0 Å². The molecule has 2 aliphatic rings. The van der Waals surface area contributed by atoms with Gasteiger partial charge in [0.2, 0.25) is 5.91 Å². The van der Waals surface area contributed by atoms with E-state index in [4.69, 9.17) is 9.51 Å². The molecule has 1 unspecified atom stereocenters. The Kier molecular flexibility index (Phi) is 5.59. The molecular formula is C24H28N6O2. The molecule has 4 heterocycles. The van der Waals surface area contributed by atoms with Crippen molar-refractivity contribution >= 4 is 11.7 Å². The molecule has 8 nitrogen and oxygen atoms in total. The lowest BCUT2D eigenvalue weighted by molar-refractivity contribution is -0.136. The molecule has 8 heteroatoms. The van der Waals surface area contributed by atoms with Crippen molar-refractivity contribution in [1.29, 1.82) is 0 Å². The summed E-state index contributed by atoms with van der Waals surface area (Å²) in [6.07, 6.45) is 5.20. The molecule has 2 aromatic heterocycles. The van der Waals surface area contributed by atoms with Gasteiger partial charge in [-0.05, 0) is 37.3 Å². The van der Waals surface area contributed by atoms with Gasteiger partial charge in [0.05, 0.1) is 5.92 Å². The van der Waals surface area contributed by atoms with Crippen molar-refractivity contribution in [1.82, 2.24) is 25.0 Å². The molecule has 3 aromatic rings. The molecule has 2 aliphatic heterocycles. The van der Waals surface area contributed by atoms with Crippen molar-refractivity contribution < 1.29 is 9.32 Å². The number of aryl methyl sites for hydroxylation is 2.